The summed E-state index contributed by atoms with van der Waals surface area (Å²) in [5.41, 5.74) is 5.35. The molecule has 2 aliphatic rings. The predicted molar refractivity (Wildman–Crippen MR) is 60.7 cm³/mol. The van der Waals surface area contributed by atoms with Crippen molar-refractivity contribution in [3.8, 4) is 0 Å². The van der Waals surface area contributed by atoms with Crippen molar-refractivity contribution < 1.29 is 5.11 Å². The van der Waals surface area contributed by atoms with Gasteiger partial charge in [0.2, 0.25) is 0 Å². The maximum Gasteiger partial charge on any atom is 0.0789 e. The van der Waals surface area contributed by atoms with E-state index >= 15 is 0 Å². The Balaban J connectivity index is 1.81. The Labute approximate surface area is 92.0 Å². The van der Waals surface area contributed by atoms with Gasteiger partial charge in [-0.1, -0.05) is 0 Å². The molecule has 0 radical (unpaired) electrons. The zero-order chi connectivity index (χ0) is 10.9. The summed E-state index contributed by atoms with van der Waals surface area (Å²) in [7, 11) is 2.15. The first-order valence-corrected chi connectivity index (χ1v) is 5.96. The fourth-order valence-electron chi connectivity index (χ4n) is 2.71. The topological polar surface area (TPSA) is 52.7 Å². The number of piperazine rings is 1. The van der Waals surface area contributed by atoms with E-state index in [0.717, 1.165) is 52.0 Å². The second kappa shape index (κ2) is 4.37. The Hall–Kier alpha value is -0.160. The Morgan fingerprint density at radius 2 is 2.00 bits per heavy atom. The van der Waals surface area contributed by atoms with Crippen LogP contribution < -0.4 is 5.73 Å². The number of aliphatic hydroxyl groups is 1. The minimum atomic E-state index is -0.505. The number of likely N-dealkylation sites (N-methyl/N-ethyl adjacent to an activating group) is 1. The monoisotopic (exact) mass is 213 g/mol. The summed E-state index contributed by atoms with van der Waals surface area (Å²) in [4.78, 5) is 4.71. The molecule has 1 saturated heterocycles. The highest BCUT2D eigenvalue weighted by molar-refractivity contribution is 4.94. The van der Waals surface area contributed by atoms with Crippen molar-refractivity contribution in [1.82, 2.24) is 9.80 Å². The van der Waals surface area contributed by atoms with Crippen LogP contribution in [0.5, 0.6) is 0 Å². The number of nitrogens with zero attached hydrogens (tertiary/aromatic N) is 2. The molecule has 4 nitrogen and oxygen atoms in total. The third-order valence-electron chi connectivity index (χ3n) is 3.74. The minimum Gasteiger partial charge on any atom is -0.388 e. The molecule has 0 amide bonds. The van der Waals surface area contributed by atoms with E-state index in [1.165, 1.54) is 0 Å². The van der Waals surface area contributed by atoms with Gasteiger partial charge in [-0.15, -0.1) is 0 Å². The van der Waals surface area contributed by atoms with Gasteiger partial charge in [-0.05, 0) is 26.3 Å². The Morgan fingerprint density at radius 1 is 1.33 bits per heavy atom. The average Bonchev–Trinajstić information content (AvgIpc) is 2.50. The van der Waals surface area contributed by atoms with Gasteiger partial charge in [-0.2, -0.15) is 0 Å². The van der Waals surface area contributed by atoms with Crippen LogP contribution in [0.1, 0.15) is 19.3 Å². The summed E-state index contributed by atoms with van der Waals surface area (Å²) >= 11 is 0. The van der Waals surface area contributed by atoms with Crippen LogP contribution in [0.2, 0.25) is 0 Å². The van der Waals surface area contributed by atoms with Gasteiger partial charge < -0.3 is 15.7 Å². The van der Waals surface area contributed by atoms with Gasteiger partial charge in [-0.25, -0.2) is 0 Å². The van der Waals surface area contributed by atoms with Crippen molar-refractivity contribution in [2.75, 3.05) is 39.8 Å². The van der Waals surface area contributed by atoms with Crippen molar-refractivity contribution in [2.24, 2.45) is 5.73 Å². The van der Waals surface area contributed by atoms with Crippen LogP contribution in [0.25, 0.3) is 0 Å². The smallest absolute Gasteiger partial charge is 0.0789 e. The molecule has 2 fully saturated rings. The van der Waals surface area contributed by atoms with Gasteiger partial charge in [-0.3, -0.25) is 4.90 Å². The molecule has 0 bridgehead atoms. The van der Waals surface area contributed by atoms with E-state index in [4.69, 9.17) is 5.73 Å². The molecule has 0 aromatic rings. The van der Waals surface area contributed by atoms with Crippen LogP contribution in [0, 0.1) is 0 Å². The van der Waals surface area contributed by atoms with E-state index in [9.17, 15) is 5.11 Å². The van der Waals surface area contributed by atoms with Gasteiger partial charge in [0.15, 0.2) is 0 Å². The lowest BCUT2D eigenvalue weighted by molar-refractivity contribution is -0.00309. The standard InChI is InChI=1S/C11H23N3O/c1-13-4-6-14(7-5-13)9-11(15)3-2-10(12)8-11/h10,15H,2-9,12H2,1H3. The van der Waals surface area contributed by atoms with Gasteiger partial charge in [0.1, 0.15) is 0 Å². The maximum atomic E-state index is 10.3. The fourth-order valence-corrected chi connectivity index (χ4v) is 2.71. The molecule has 0 aromatic heterocycles. The third kappa shape index (κ3) is 2.91. The first-order valence-electron chi connectivity index (χ1n) is 5.96. The molecule has 2 rings (SSSR count). The number of nitrogens with two attached hydrogens (primary N) is 1. The van der Waals surface area contributed by atoms with Gasteiger partial charge in [0, 0.05) is 38.8 Å². The first kappa shape index (κ1) is 11.3. The molecule has 1 aliphatic heterocycles. The van der Waals surface area contributed by atoms with Crippen LogP contribution in [0.15, 0.2) is 0 Å². The number of β-amino-alcohol motifs (C(OH)–C–C–N with tert-alkyl or cyclic N) is 1. The second-order valence-corrected chi connectivity index (χ2v) is 5.31. The molecule has 2 atom stereocenters. The third-order valence-corrected chi connectivity index (χ3v) is 3.74. The summed E-state index contributed by atoms with van der Waals surface area (Å²) in [5, 5.41) is 10.3. The molecule has 1 saturated carbocycles. The van der Waals surface area contributed by atoms with Crippen LogP contribution in [0.3, 0.4) is 0 Å². The summed E-state index contributed by atoms with van der Waals surface area (Å²) in [6.45, 7) is 5.20. The van der Waals surface area contributed by atoms with E-state index < -0.39 is 5.60 Å². The SMILES string of the molecule is CN1CCN(CC2(O)CCC(N)C2)CC1. The fraction of sp³-hybridized carbons (Fsp3) is 1.00. The van der Waals surface area contributed by atoms with Crippen LogP contribution >= 0.6 is 0 Å². The molecule has 1 heterocycles. The summed E-state index contributed by atoms with van der Waals surface area (Å²) in [5.74, 6) is 0. The van der Waals surface area contributed by atoms with Gasteiger partial charge in [0.05, 0.1) is 5.60 Å². The highest BCUT2D eigenvalue weighted by Crippen LogP contribution is 2.29. The zero-order valence-electron chi connectivity index (χ0n) is 9.65. The molecule has 88 valence electrons. The second-order valence-electron chi connectivity index (χ2n) is 5.31. The number of rotatable bonds is 2. The quantitative estimate of drug-likeness (QED) is 0.648. The first-order chi connectivity index (χ1) is 7.07. The molecule has 0 aromatic carbocycles. The van der Waals surface area contributed by atoms with Crippen molar-refractivity contribution in [3.05, 3.63) is 0 Å². The lowest BCUT2D eigenvalue weighted by atomic mass is 10.0. The number of hydrogen-bond acceptors (Lipinski definition) is 4. The van der Waals surface area contributed by atoms with E-state index in [1.807, 2.05) is 0 Å². The molecule has 4 heteroatoms. The zero-order valence-corrected chi connectivity index (χ0v) is 9.65. The lowest BCUT2D eigenvalue weighted by Crippen LogP contribution is -2.50. The van der Waals surface area contributed by atoms with Crippen LogP contribution in [-0.4, -0.2) is 66.3 Å². The highest BCUT2D eigenvalue weighted by atomic mass is 16.3. The van der Waals surface area contributed by atoms with Crippen LogP contribution in [0.4, 0.5) is 0 Å². The van der Waals surface area contributed by atoms with Gasteiger partial charge >= 0.3 is 0 Å². The summed E-state index contributed by atoms with van der Waals surface area (Å²) < 4.78 is 0. The highest BCUT2D eigenvalue weighted by Gasteiger charge is 2.37. The summed E-state index contributed by atoms with van der Waals surface area (Å²) in [6, 6.07) is 0.211. The molecule has 15 heavy (non-hydrogen) atoms. The molecule has 1 aliphatic carbocycles. The largest absolute Gasteiger partial charge is 0.388 e. The molecular formula is C11H23N3O. The Bertz CT molecular complexity index is 216. The summed E-state index contributed by atoms with van der Waals surface area (Å²) in [6.07, 6.45) is 2.63. The molecule has 0 spiro atoms. The Morgan fingerprint density at radius 3 is 2.53 bits per heavy atom. The van der Waals surface area contributed by atoms with Crippen LogP contribution in [-0.2, 0) is 0 Å². The van der Waals surface area contributed by atoms with Crippen molar-refractivity contribution >= 4 is 0 Å². The van der Waals surface area contributed by atoms with E-state index in [2.05, 4.69) is 16.8 Å². The molecule has 2 unspecified atom stereocenters. The minimum absolute atomic E-state index is 0.211. The lowest BCUT2D eigenvalue weighted by Gasteiger charge is -2.36. The Kier molecular flexibility index (Phi) is 3.30. The van der Waals surface area contributed by atoms with E-state index in [1.54, 1.807) is 0 Å². The normalized spacial score (nSPS) is 39.8. The van der Waals surface area contributed by atoms with E-state index in [-0.39, 0.29) is 6.04 Å². The predicted octanol–water partition coefficient (Wildman–Crippen LogP) is -0.524. The van der Waals surface area contributed by atoms with Crippen molar-refractivity contribution in [3.63, 3.8) is 0 Å². The average molecular weight is 213 g/mol. The molecular weight excluding hydrogens is 190 g/mol. The molecule has 3 N–H and O–H groups in total. The maximum absolute atomic E-state index is 10.3. The van der Waals surface area contributed by atoms with Crippen molar-refractivity contribution in [2.45, 2.75) is 30.9 Å². The van der Waals surface area contributed by atoms with Crippen molar-refractivity contribution in [1.29, 1.82) is 0 Å². The van der Waals surface area contributed by atoms with Gasteiger partial charge in [0.25, 0.3) is 0 Å². The number of hydrogen-bond donors (Lipinski definition) is 2. The van der Waals surface area contributed by atoms with E-state index in [0.29, 0.717) is 0 Å².